The zero-order valence-electron chi connectivity index (χ0n) is 13.4. The molecule has 138 valence electrons. The van der Waals surface area contributed by atoms with Crippen LogP contribution in [-0.4, -0.2) is 36.1 Å². The largest absolute Gasteiger partial charge is 0.442 e. The Morgan fingerprint density at radius 1 is 0.704 bits per heavy atom. The van der Waals surface area contributed by atoms with Crippen LogP contribution in [-0.2, 0) is 23.8 Å². The van der Waals surface area contributed by atoms with Crippen LogP contribution < -0.4 is 0 Å². The first-order valence-electron chi connectivity index (χ1n) is 7.54. The summed E-state index contributed by atoms with van der Waals surface area (Å²) in [6.45, 7) is 0. The lowest BCUT2D eigenvalue weighted by Crippen LogP contribution is -2.37. The van der Waals surface area contributed by atoms with Crippen molar-refractivity contribution in [3.8, 4) is 0 Å². The summed E-state index contributed by atoms with van der Waals surface area (Å²) >= 11 is 11.5. The van der Waals surface area contributed by atoms with E-state index in [2.05, 4.69) is 4.74 Å². The Balaban J connectivity index is 1.74. The molecule has 2 aromatic carbocycles. The predicted molar refractivity (Wildman–Crippen MR) is 92.4 cm³/mol. The molecule has 0 saturated carbocycles. The molecular formula is C18H10Cl2O7. The summed E-state index contributed by atoms with van der Waals surface area (Å²) in [6, 6.07) is 11.3. The summed E-state index contributed by atoms with van der Waals surface area (Å²) in [5.41, 5.74) is 0.184. The second-order valence-electron chi connectivity index (χ2n) is 5.41. The van der Waals surface area contributed by atoms with E-state index in [1.807, 2.05) is 0 Å². The second kappa shape index (κ2) is 7.77. The fourth-order valence-corrected chi connectivity index (χ4v) is 2.47. The Kier molecular flexibility index (Phi) is 5.43. The van der Waals surface area contributed by atoms with Crippen LogP contribution in [0.3, 0.4) is 0 Å². The zero-order chi connectivity index (χ0) is 19.6. The average molecular weight is 409 g/mol. The Morgan fingerprint density at radius 3 is 1.37 bits per heavy atom. The molecule has 1 aliphatic rings. The Morgan fingerprint density at radius 2 is 1.04 bits per heavy atom. The van der Waals surface area contributed by atoms with Gasteiger partial charge in [0.25, 0.3) is 0 Å². The molecule has 0 aliphatic carbocycles. The molecule has 0 spiro atoms. The molecular weight excluding hydrogens is 399 g/mol. The SMILES string of the molecule is O=C(OC1C(=O)OC(=O)C1OC(=O)c1ccc(Cl)cc1)c1ccc(Cl)cc1. The third-order valence-electron chi connectivity index (χ3n) is 3.57. The van der Waals surface area contributed by atoms with Crippen LogP contribution in [0.5, 0.6) is 0 Å². The molecule has 9 heteroatoms. The molecule has 1 saturated heterocycles. The summed E-state index contributed by atoms with van der Waals surface area (Å²) in [7, 11) is 0. The monoisotopic (exact) mass is 408 g/mol. The van der Waals surface area contributed by atoms with Crippen LogP contribution in [0, 0.1) is 0 Å². The van der Waals surface area contributed by atoms with E-state index in [-0.39, 0.29) is 11.1 Å². The highest BCUT2D eigenvalue weighted by atomic mass is 35.5. The van der Waals surface area contributed by atoms with Gasteiger partial charge in [-0.2, -0.15) is 0 Å². The van der Waals surface area contributed by atoms with Gasteiger partial charge in [-0.15, -0.1) is 0 Å². The van der Waals surface area contributed by atoms with Gasteiger partial charge >= 0.3 is 23.9 Å². The summed E-state index contributed by atoms with van der Waals surface area (Å²) in [5.74, 6) is -4.07. The van der Waals surface area contributed by atoms with Crippen molar-refractivity contribution in [2.24, 2.45) is 0 Å². The lowest BCUT2D eigenvalue weighted by molar-refractivity contribution is -0.155. The van der Waals surface area contributed by atoms with E-state index in [4.69, 9.17) is 32.7 Å². The van der Waals surface area contributed by atoms with Crippen LogP contribution >= 0.6 is 23.2 Å². The summed E-state index contributed by atoms with van der Waals surface area (Å²) in [5, 5.41) is 0.800. The molecule has 2 atom stereocenters. The van der Waals surface area contributed by atoms with Crippen molar-refractivity contribution in [2.45, 2.75) is 12.2 Å². The standard InChI is InChI=1S/C18H10Cl2O7/c19-11-5-1-9(2-6-11)15(21)25-13-14(18(24)27-17(13)23)26-16(22)10-3-7-12(20)8-4-10/h1-8,13-14H. The summed E-state index contributed by atoms with van der Waals surface area (Å²) in [6.07, 6.45) is -3.42. The fourth-order valence-electron chi connectivity index (χ4n) is 2.22. The lowest BCUT2D eigenvalue weighted by Gasteiger charge is -2.15. The van der Waals surface area contributed by atoms with Gasteiger partial charge in [-0.3, -0.25) is 0 Å². The minimum absolute atomic E-state index is 0.0920. The molecule has 27 heavy (non-hydrogen) atoms. The maximum Gasteiger partial charge on any atom is 0.359 e. The van der Waals surface area contributed by atoms with Crippen molar-refractivity contribution < 1.29 is 33.4 Å². The van der Waals surface area contributed by atoms with Crippen molar-refractivity contribution >= 4 is 47.1 Å². The molecule has 1 fully saturated rings. The number of cyclic esters (lactones) is 2. The number of rotatable bonds is 4. The molecule has 2 aromatic rings. The number of ether oxygens (including phenoxy) is 3. The lowest BCUT2D eigenvalue weighted by atomic mass is 10.2. The van der Waals surface area contributed by atoms with E-state index >= 15 is 0 Å². The number of carbonyl (C=O) groups excluding carboxylic acids is 4. The van der Waals surface area contributed by atoms with E-state index in [9.17, 15) is 19.2 Å². The normalized spacial score (nSPS) is 18.7. The van der Waals surface area contributed by atoms with Crippen LogP contribution in [0.2, 0.25) is 10.0 Å². The molecule has 3 rings (SSSR count). The number of hydrogen-bond acceptors (Lipinski definition) is 7. The van der Waals surface area contributed by atoms with Crippen molar-refractivity contribution in [3.05, 3.63) is 69.7 Å². The average Bonchev–Trinajstić information content (AvgIpc) is 2.89. The summed E-state index contributed by atoms with van der Waals surface area (Å²) < 4.78 is 14.4. The number of benzene rings is 2. The molecule has 1 heterocycles. The maximum absolute atomic E-state index is 12.2. The highest BCUT2D eigenvalue weighted by Crippen LogP contribution is 2.21. The molecule has 1 aliphatic heterocycles. The van der Waals surface area contributed by atoms with Crippen LogP contribution in [0.1, 0.15) is 20.7 Å². The molecule has 0 aromatic heterocycles. The number of hydrogen-bond donors (Lipinski definition) is 0. The van der Waals surface area contributed by atoms with Gasteiger partial charge in [-0.05, 0) is 48.5 Å². The minimum atomic E-state index is -1.71. The van der Waals surface area contributed by atoms with Crippen molar-refractivity contribution in [3.63, 3.8) is 0 Å². The first-order valence-corrected chi connectivity index (χ1v) is 8.29. The van der Waals surface area contributed by atoms with E-state index in [1.54, 1.807) is 0 Å². The van der Waals surface area contributed by atoms with E-state index in [0.29, 0.717) is 10.0 Å². The van der Waals surface area contributed by atoms with Crippen LogP contribution in [0.25, 0.3) is 0 Å². The van der Waals surface area contributed by atoms with Crippen molar-refractivity contribution in [1.82, 2.24) is 0 Å². The first-order chi connectivity index (χ1) is 12.8. The third-order valence-corrected chi connectivity index (χ3v) is 4.07. The number of carbonyl (C=O) groups is 4. The van der Waals surface area contributed by atoms with E-state index in [0.717, 1.165) is 0 Å². The van der Waals surface area contributed by atoms with Gasteiger partial charge in [0.2, 0.25) is 12.2 Å². The third kappa shape index (κ3) is 4.27. The number of halogens is 2. The Bertz CT molecular complexity index is 831. The van der Waals surface area contributed by atoms with Gasteiger partial charge in [0.15, 0.2) is 0 Å². The first kappa shape index (κ1) is 18.9. The van der Waals surface area contributed by atoms with E-state index in [1.165, 1.54) is 48.5 Å². The van der Waals surface area contributed by atoms with Crippen LogP contribution in [0.4, 0.5) is 0 Å². The molecule has 0 bridgehead atoms. The van der Waals surface area contributed by atoms with Gasteiger partial charge in [0.1, 0.15) is 0 Å². The highest BCUT2D eigenvalue weighted by molar-refractivity contribution is 6.31. The quantitative estimate of drug-likeness (QED) is 0.435. The smallest absolute Gasteiger partial charge is 0.359 e. The summed E-state index contributed by atoms with van der Waals surface area (Å²) in [4.78, 5) is 48.0. The second-order valence-corrected chi connectivity index (χ2v) is 6.28. The van der Waals surface area contributed by atoms with Crippen LogP contribution in [0.15, 0.2) is 48.5 Å². The van der Waals surface area contributed by atoms with E-state index < -0.39 is 36.1 Å². The fraction of sp³-hybridized carbons (Fsp3) is 0.111. The highest BCUT2D eigenvalue weighted by Gasteiger charge is 2.50. The van der Waals surface area contributed by atoms with Gasteiger partial charge in [0.05, 0.1) is 11.1 Å². The molecule has 0 amide bonds. The number of esters is 4. The van der Waals surface area contributed by atoms with Gasteiger partial charge in [-0.25, -0.2) is 19.2 Å². The topological polar surface area (TPSA) is 96.0 Å². The minimum Gasteiger partial charge on any atom is -0.442 e. The van der Waals surface area contributed by atoms with Crippen molar-refractivity contribution in [2.75, 3.05) is 0 Å². The van der Waals surface area contributed by atoms with Crippen molar-refractivity contribution in [1.29, 1.82) is 0 Å². The molecule has 0 N–H and O–H groups in total. The molecule has 7 nitrogen and oxygen atoms in total. The maximum atomic E-state index is 12.2. The Hall–Kier alpha value is -2.90. The van der Waals surface area contributed by atoms with Gasteiger partial charge < -0.3 is 14.2 Å². The predicted octanol–water partition coefficient (Wildman–Crippen LogP) is 2.83. The van der Waals surface area contributed by atoms with Gasteiger partial charge in [0, 0.05) is 10.0 Å². The zero-order valence-corrected chi connectivity index (χ0v) is 14.9. The van der Waals surface area contributed by atoms with Gasteiger partial charge in [-0.1, -0.05) is 23.2 Å². The Labute approximate surface area is 162 Å². The molecule has 0 radical (unpaired) electrons. The molecule has 2 unspecified atom stereocenters.